The molecule has 1 aliphatic rings. The highest BCUT2D eigenvalue weighted by atomic mass is 35.5. The second-order valence-corrected chi connectivity index (χ2v) is 7.64. The highest BCUT2D eigenvalue weighted by Crippen LogP contribution is 2.29. The molecular weight excluding hydrogens is 388 g/mol. The highest BCUT2D eigenvalue weighted by Gasteiger charge is 2.20. The number of piperazine rings is 1. The molecule has 1 aliphatic heterocycles. The molecule has 0 radical (unpaired) electrons. The third kappa shape index (κ3) is 5.67. The molecule has 1 heterocycles. The Morgan fingerprint density at radius 1 is 1.07 bits per heavy atom. The van der Waals surface area contributed by atoms with Crippen LogP contribution in [0.4, 0.5) is 5.69 Å². The fraction of sp³-hybridized carbons (Fsp3) is 0.348. The molecule has 0 saturated carbocycles. The van der Waals surface area contributed by atoms with E-state index in [1.165, 1.54) is 0 Å². The number of halogens is 1. The van der Waals surface area contributed by atoms with Gasteiger partial charge in [-0.25, -0.2) is 0 Å². The molecule has 0 aliphatic carbocycles. The fourth-order valence-corrected chi connectivity index (χ4v) is 3.45. The highest BCUT2D eigenvalue weighted by molar-refractivity contribution is 6.30. The topological polar surface area (TPSA) is 42.0 Å². The number of methoxy groups -OCH3 is 1. The maximum Gasteiger partial charge on any atom is 0.246 e. The van der Waals surface area contributed by atoms with Crippen molar-refractivity contribution in [2.45, 2.75) is 20.0 Å². The van der Waals surface area contributed by atoms with Gasteiger partial charge in [-0.15, -0.1) is 0 Å². The Bertz CT molecular complexity index is 874. The second kappa shape index (κ2) is 9.70. The van der Waals surface area contributed by atoms with Crippen LogP contribution in [0.3, 0.4) is 0 Å². The van der Waals surface area contributed by atoms with Crippen LogP contribution in [-0.2, 0) is 4.79 Å². The first-order valence-electron chi connectivity index (χ1n) is 9.78. The van der Waals surface area contributed by atoms with Crippen LogP contribution in [-0.4, -0.2) is 50.2 Å². The zero-order chi connectivity index (χ0) is 20.8. The first-order chi connectivity index (χ1) is 14.0. The number of ether oxygens (including phenoxy) is 2. The van der Waals surface area contributed by atoms with E-state index in [-0.39, 0.29) is 12.0 Å². The van der Waals surface area contributed by atoms with Gasteiger partial charge in [0.2, 0.25) is 5.91 Å². The number of carbonyl (C=O) groups excluding carboxylic acids is 1. The predicted molar refractivity (Wildman–Crippen MR) is 118 cm³/mol. The first kappa shape index (κ1) is 21.1. The third-order valence-corrected chi connectivity index (χ3v) is 4.97. The summed E-state index contributed by atoms with van der Waals surface area (Å²) in [6.07, 6.45) is 3.50. The molecule has 0 unspecified atom stereocenters. The summed E-state index contributed by atoms with van der Waals surface area (Å²) in [5.74, 6) is 1.36. The summed E-state index contributed by atoms with van der Waals surface area (Å²) in [7, 11) is 1.61. The van der Waals surface area contributed by atoms with E-state index in [4.69, 9.17) is 21.1 Å². The van der Waals surface area contributed by atoms with Crippen molar-refractivity contribution in [3.8, 4) is 11.5 Å². The molecule has 154 valence electrons. The van der Waals surface area contributed by atoms with Gasteiger partial charge in [0.1, 0.15) is 0 Å². The largest absolute Gasteiger partial charge is 0.493 e. The molecule has 1 saturated heterocycles. The molecule has 2 aromatic carbocycles. The van der Waals surface area contributed by atoms with Crippen LogP contribution in [0.1, 0.15) is 19.4 Å². The van der Waals surface area contributed by atoms with Gasteiger partial charge in [-0.2, -0.15) is 0 Å². The number of carbonyl (C=O) groups is 1. The number of rotatable bonds is 6. The van der Waals surface area contributed by atoms with Gasteiger partial charge in [0, 0.05) is 43.0 Å². The van der Waals surface area contributed by atoms with Gasteiger partial charge in [0.25, 0.3) is 0 Å². The SMILES string of the molecule is COc1cc(/C=C/C(=O)N2CCN(c3cccc(Cl)c3)CC2)ccc1OC(C)C. The molecule has 3 rings (SSSR count). The number of nitrogens with zero attached hydrogens (tertiary/aromatic N) is 2. The number of anilines is 1. The Hall–Kier alpha value is -2.66. The minimum Gasteiger partial charge on any atom is -0.493 e. The van der Waals surface area contributed by atoms with Gasteiger partial charge < -0.3 is 19.3 Å². The Morgan fingerprint density at radius 2 is 1.83 bits per heavy atom. The monoisotopic (exact) mass is 414 g/mol. The summed E-state index contributed by atoms with van der Waals surface area (Å²) < 4.78 is 11.1. The molecule has 1 fully saturated rings. The second-order valence-electron chi connectivity index (χ2n) is 7.20. The van der Waals surface area contributed by atoms with E-state index in [0.717, 1.165) is 29.4 Å². The molecule has 6 heteroatoms. The van der Waals surface area contributed by atoms with Crippen LogP contribution in [0.15, 0.2) is 48.5 Å². The van der Waals surface area contributed by atoms with Crippen molar-refractivity contribution in [3.63, 3.8) is 0 Å². The molecule has 0 atom stereocenters. The third-order valence-electron chi connectivity index (χ3n) is 4.73. The fourth-order valence-electron chi connectivity index (χ4n) is 3.27. The van der Waals surface area contributed by atoms with Crippen LogP contribution in [0.2, 0.25) is 5.02 Å². The Balaban J connectivity index is 1.58. The van der Waals surface area contributed by atoms with E-state index in [2.05, 4.69) is 4.90 Å². The van der Waals surface area contributed by atoms with Crippen molar-refractivity contribution in [1.82, 2.24) is 4.90 Å². The number of amides is 1. The number of hydrogen-bond donors (Lipinski definition) is 0. The predicted octanol–water partition coefficient (Wildman–Crippen LogP) is 4.50. The quantitative estimate of drug-likeness (QED) is 0.653. The standard InChI is InChI=1S/C23H27ClN2O3/c1-17(2)29-21-9-7-18(15-22(21)28-3)8-10-23(27)26-13-11-25(12-14-26)20-6-4-5-19(24)16-20/h4-10,15-17H,11-14H2,1-3H3/b10-8+. The summed E-state index contributed by atoms with van der Waals surface area (Å²) in [5.41, 5.74) is 1.99. The van der Waals surface area contributed by atoms with Gasteiger partial charge >= 0.3 is 0 Å². The molecule has 0 aromatic heterocycles. The van der Waals surface area contributed by atoms with Crippen molar-refractivity contribution in [3.05, 3.63) is 59.1 Å². The smallest absolute Gasteiger partial charge is 0.246 e. The molecule has 1 amide bonds. The van der Waals surface area contributed by atoms with Gasteiger partial charge in [-0.3, -0.25) is 4.79 Å². The van der Waals surface area contributed by atoms with Gasteiger partial charge in [-0.1, -0.05) is 23.7 Å². The summed E-state index contributed by atoms with van der Waals surface area (Å²) in [4.78, 5) is 16.7. The van der Waals surface area contributed by atoms with Crippen LogP contribution in [0, 0.1) is 0 Å². The molecule has 2 aromatic rings. The zero-order valence-corrected chi connectivity index (χ0v) is 17.9. The zero-order valence-electron chi connectivity index (χ0n) is 17.1. The normalized spacial score (nSPS) is 14.5. The summed E-state index contributed by atoms with van der Waals surface area (Å²) in [5, 5.41) is 0.726. The van der Waals surface area contributed by atoms with E-state index in [0.29, 0.717) is 24.6 Å². The summed E-state index contributed by atoms with van der Waals surface area (Å²) >= 11 is 6.08. The number of benzene rings is 2. The van der Waals surface area contributed by atoms with Crippen molar-refractivity contribution >= 4 is 29.3 Å². The molecule has 29 heavy (non-hydrogen) atoms. The van der Waals surface area contributed by atoms with Crippen LogP contribution < -0.4 is 14.4 Å². The molecule has 0 N–H and O–H groups in total. The summed E-state index contributed by atoms with van der Waals surface area (Å²) in [6, 6.07) is 13.5. The lowest BCUT2D eigenvalue weighted by Gasteiger charge is -2.35. The summed E-state index contributed by atoms with van der Waals surface area (Å²) in [6.45, 7) is 6.88. The Labute approximate surface area is 177 Å². The lowest BCUT2D eigenvalue weighted by atomic mass is 10.1. The lowest BCUT2D eigenvalue weighted by molar-refractivity contribution is -0.126. The van der Waals surface area contributed by atoms with Crippen molar-refractivity contribution in [1.29, 1.82) is 0 Å². The van der Waals surface area contributed by atoms with Gasteiger partial charge in [-0.05, 0) is 55.8 Å². The average Bonchev–Trinajstić information content (AvgIpc) is 2.72. The van der Waals surface area contributed by atoms with Crippen LogP contribution >= 0.6 is 11.6 Å². The lowest BCUT2D eigenvalue weighted by Crippen LogP contribution is -2.48. The minimum absolute atomic E-state index is 0.0113. The van der Waals surface area contributed by atoms with Gasteiger partial charge in [0.05, 0.1) is 13.2 Å². The number of hydrogen-bond acceptors (Lipinski definition) is 4. The molecule has 0 bridgehead atoms. The van der Waals surface area contributed by atoms with Crippen LogP contribution in [0.25, 0.3) is 6.08 Å². The van der Waals surface area contributed by atoms with E-state index in [9.17, 15) is 4.79 Å². The van der Waals surface area contributed by atoms with E-state index < -0.39 is 0 Å². The average molecular weight is 415 g/mol. The Kier molecular flexibility index (Phi) is 7.04. The van der Waals surface area contributed by atoms with Crippen molar-refractivity contribution in [2.75, 3.05) is 38.2 Å². The molecular formula is C23H27ClN2O3. The van der Waals surface area contributed by atoms with E-state index >= 15 is 0 Å². The maximum absolute atomic E-state index is 12.6. The van der Waals surface area contributed by atoms with Crippen LogP contribution in [0.5, 0.6) is 11.5 Å². The van der Waals surface area contributed by atoms with E-state index in [1.54, 1.807) is 13.2 Å². The molecule has 5 nitrogen and oxygen atoms in total. The Morgan fingerprint density at radius 3 is 2.48 bits per heavy atom. The maximum atomic E-state index is 12.6. The van der Waals surface area contributed by atoms with Gasteiger partial charge in [0.15, 0.2) is 11.5 Å². The minimum atomic E-state index is 0.0113. The van der Waals surface area contributed by atoms with E-state index in [1.807, 2.05) is 67.3 Å². The first-order valence-corrected chi connectivity index (χ1v) is 10.2. The van der Waals surface area contributed by atoms with Crippen molar-refractivity contribution < 1.29 is 14.3 Å². The molecule has 0 spiro atoms. The van der Waals surface area contributed by atoms with Crippen molar-refractivity contribution in [2.24, 2.45) is 0 Å².